The summed E-state index contributed by atoms with van der Waals surface area (Å²) in [6.07, 6.45) is 2.21. The average Bonchev–Trinajstić information content (AvgIpc) is 3.11. The Bertz CT molecular complexity index is 1580. The molecule has 9 heteroatoms. The van der Waals surface area contributed by atoms with Crippen LogP contribution in [0, 0.1) is 5.92 Å². The van der Waals surface area contributed by atoms with Crippen molar-refractivity contribution in [2.45, 2.75) is 64.4 Å². The average molecular weight is 651 g/mol. The molecule has 0 spiro atoms. The molecule has 3 N–H and O–H groups in total. The molecule has 3 aromatic carbocycles. The summed E-state index contributed by atoms with van der Waals surface area (Å²) in [7, 11) is 2.10. The van der Waals surface area contributed by atoms with Crippen LogP contribution >= 0.6 is 0 Å². The maximum atomic E-state index is 12.7. The minimum atomic E-state index is -0.604. The van der Waals surface area contributed by atoms with Crippen LogP contribution in [0.4, 0.5) is 4.79 Å². The van der Waals surface area contributed by atoms with Gasteiger partial charge in [0.25, 0.3) is 0 Å². The van der Waals surface area contributed by atoms with Crippen molar-refractivity contribution in [3.05, 3.63) is 137 Å². The Kier molecular flexibility index (Phi) is 12.5. The van der Waals surface area contributed by atoms with Crippen LogP contribution in [0.25, 0.3) is 0 Å². The number of aromatic nitrogens is 1. The number of hydrogen-bond donors (Lipinski definition) is 3. The summed E-state index contributed by atoms with van der Waals surface area (Å²) in [6, 6.07) is 30.4. The number of hydrogen-bond acceptors (Lipinski definition) is 7. The molecule has 9 nitrogen and oxygen atoms in total. The number of rotatable bonds is 14. The van der Waals surface area contributed by atoms with Gasteiger partial charge in [-0.05, 0) is 54.8 Å². The molecule has 2 amide bonds. The molecule has 5 atom stereocenters. The van der Waals surface area contributed by atoms with E-state index in [4.69, 9.17) is 9.47 Å². The van der Waals surface area contributed by atoms with Gasteiger partial charge in [-0.1, -0.05) is 91.9 Å². The van der Waals surface area contributed by atoms with E-state index in [1.807, 2.05) is 103 Å². The summed E-state index contributed by atoms with van der Waals surface area (Å²) in [5.41, 5.74) is 5.72. The van der Waals surface area contributed by atoms with Gasteiger partial charge in [0.2, 0.25) is 0 Å². The lowest BCUT2D eigenvalue weighted by molar-refractivity contribution is -0.275. The normalized spacial score (nSPS) is 19.9. The number of amides is 2. The maximum Gasteiger partial charge on any atom is 0.315 e. The first kappa shape index (κ1) is 34.9. The van der Waals surface area contributed by atoms with Gasteiger partial charge in [0.05, 0.1) is 24.9 Å². The van der Waals surface area contributed by atoms with Crippen LogP contribution in [0.3, 0.4) is 0 Å². The maximum absolute atomic E-state index is 12.7. The Labute approximate surface area is 283 Å². The van der Waals surface area contributed by atoms with Crippen molar-refractivity contribution in [2.24, 2.45) is 5.92 Å². The molecule has 2 heterocycles. The zero-order chi connectivity index (χ0) is 33.9. The largest absolute Gasteiger partial charge is 0.392 e. The van der Waals surface area contributed by atoms with E-state index in [-0.39, 0.29) is 30.5 Å². The lowest BCUT2D eigenvalue weighted by Crippen LogP contribution is -2.46. The Morgan fingerprint density at radius 1 is 0.875 bits per heavy atom. The molecule has 1 aromatic heterocycles. The van der Waals surface area contributed by atoms with Gasteiger partial charge in [-0.2, -0.15) is 0 Å². The molecule has 5 rings (SSSR count). The second-order valence-corrected chi connectivity index (χ2v) is 12.6. The molecule has 0 saturated carbocycles. The van der Waals surface area contributed by atoms with Crippen molar-refractivity contribution in [3.63, 3.8) is 0 Å². The first-order chi connectivity index (χ1) is 23.3. The standard InChI is InChI=1S/C39H46N4O5/c1-27-36(25-43(3)22-20-34-11-7-8-21-40-34)47-38(48-37(27)32-16-14-31(26-44)15-17-32)33-18-12-30(13-19-33)24-41-39(46)42-35(28(2)45)23-29-9-5-4-6-10-29/h4-19,21,27,35-38,44H,20,22-26H2,1-3H3,(H2,41,42,46)/t27-,35+,36+,37+,38?/m0/s1. The van der Waals surface area contributed by atoms with Gasteiger partial charge >= 0.3 is 6.03 Å². The molecular weight excluding hydrogens is 604 g/mol. The third kappa shape index (κ3) is 9.81. The number of carbonyl (C=O) groups is 2. The smallest absolute Gasteiger partial charge is 0.315 e. The second kappa shape index (κ2) is 17.1. The van der Waals surface area contributed by atoms with Gasteiger partial charge < -0.3 is 30.1 Å². The molecule has 1 unspecified atom stereocenters. The Hall–Kier alpha value is -4.41. The number of nitrogens with zero attached hydrogens (tertiary/aromatic N) is 2. The number of aliphatic hydroxyl groups is 1. The highest BCUT2D eigenvalue weighted by molar-refractivity contribution is 5.87. The fraction of sp³-hybridized carbons (Fsp3) is 0.359. The molecule has 1 saturated heterocycles. The van der Waals surface area contributed by atoms with Gasteiger partial charge in [0.15, 0.2) is 12.1 Å². The minimum Gasteiger partial charge on any atom is -0.392 e. The summed E-state index contributed by atoms with van der Waals surface area (Å²) < 4.78 is 13.2. The predicted octanol–water partition coefficient (Wildman–Crippen LogP) is 5.54. The minimum absolute atomic E-state index is 0.00928. The van der Waals surface area contributed by atoms with Crippen molar-refractivity contribution in [1.82, 2.24) is 20.5 Å². The van der Waals surface area contributed by atoms with Gasteiger partial charge in [-0.3, -0.25) is 9.78 Å². The lowest BCUT2D eigenvalue weighted by atomic mass is 9.90. The number of nitrogens with one attached hydrogen (secondary N) is 2. The van der Waals surface area contributed by atoms with Crippen LogP contribution in [0.1, 0.15) is 59.8 Å². The summed E-state index contributed by atoms with van der Waals surface area (Å²) in [6.45, 7) is 5.51. The highest BCUT2D eigenvalue weighted by Crippen LogP contribution is 2.41. The van der Waals surface area contributed by atoms with E-state index in [9.17, 15) is 14.7 Å². The Balaban J connectivity index is 1.22. The number of Topliss-reactive ketones (excluding diaryl/α,β-unsaturated/α-hetero) is 1. The van der Waals surface area contributed by atoms with Gasteiger partial charge in [0, 0.05) is 49.4 Å². The highest BCUT2D eigenvalue weighted by Gasteiger charge is 2.38. The first-order valence-corrected chi connectivity index (χ1v) is 16.6. The molecule has 48 heavy (non-hydrogen) atoms. The summed E-state index contributed by atoms with van der Waals surface area (Å²) in [4.78, 5) is 31.6. The molecule has 0 aliphatic carbocycles. The van der Waals surface area contributed by atoms with Gasteiger partial charge in [0.1, 0.15) is 0 Å². The first-order valence-electron chi connectivity index (χ1n) is 16.6. The predicted molar refractivity (Wildman–Crippen MR) is 185 cm³/mol. The van der Waals surface area contributed by atoms with E-state index in [2.05, 4.69) is 34.5 Å². The fourth-order valence-corrected chi connectivity index (χ4v) is 5.91. The van der Waals surface area contributed by atoms with Crippen LogP contribution in [-0.2, 0) is 40.3 Å². The van der Waals surface area contributed by atoms with E-state index >= 15 is 0 Å². The number of aliphatic hydroxyl groups excluding tert-OH is 1. The Morgan fingerprint density at radius 3 is 2.23 bits per heavy atom. The van der Waals surface area contributed by atoms with E-state index < -0.39 is 18.4 Å². The van der Waals surface area contributed by atoms with Crippen molar-refractivity contribution in [3.8, 4) is 0 Å². The van der Waals surface area contributed by atoms with Crippen LogP contribution in [-0.4, -0.2) is 59.1 Å². The molecule has 1 fully saturated rings. The quantitative estimate of drug-likeness (QED) is 0.164. The van der Waals surface area contributed by atoms with Crippen LogP contribution < -0.4 is 10.6 Å². The molecule has 4 aromatic rings. The number of pyridine rings is 1. The third-order valence-corrected chi connectivity index (χ3v) is 8.87. The summed E-state index contributed by atoms with van der Waals surface area (Å²) in [5, 5.41) is 15.2. The molecular formula is C39H46N4O5. The number of likely N-dealkylation sites (N-methyl/N-ethyl adjacent to an activating group) is 1. The Morgan fingerprint density at radius 2 is 1.56 bits per heavy atom. The SMILES string of the molecule is CC(=O)[C@@H](Cc1ccccc1)NC(=O)NCc1ccc(C2O[C@H](CN(C)CCc3ccccn3)[C@H](C)[C@H](c3ccc(CO)cc3)O2)cc1. The topological polar surface area (TPSA) is 113 Å². The number of ketones is 1. The summed E-state index contributed by atoms with van der Waals surface area (Å²) >= 11 is 0. The lowest BCUT2D eigenvalue weighted by Gasteiger charge is -2.42. The van der Waals surface area contributed by atoms with Crippen molar-refractivity contribution in [2.75, 3.05) is 20.1 Å². The zero-order valence-electron chi connectivity index (χ0n) is 27.9. The van der Waals surface area contributed by atoms with Gasteiger partial charge in [-0.25, -0.2) is 4.79 Å². The molecule has 0 bridgehead atoms. The third-order valence-electron chi connectivity index (χ3n) is 8.87. The number of ether oxygens (including phenoxy) is 2. The molecule has 1 aliphatic rings. The molecule has 0 radical (unpaired) electrons. The monoisotopic (exact) mass is 650 g/mol. The number of urea groups is 1. The highest BCUT2D eigenvalue weighted by atomic mass is 16.7. The summed E-state index contributed by atoms with van der Waals surface area (Å²) in [5.74, 6) is -0.0262. The van der Waals surface area contributed by atoms with Crippen molar-refractivity contribution in [1.29, 1.82) is 0 Å². The number of carbonyl (C=O) groups excluding carboxylic acids is 2. The van der Waals surface area contributed by atoms with Crippen LogP contribution in [0.2, 0.25) is 0 Å². The van der Waals surface area contributed by atoms with Crippen LogP contribution in [0.15, 0.2) is 103 Å². The van der Waals surface area contributed by atoms with Crippen LogP contribution in [0.5, 0.6) is 0 Å². The van der Waals surface area contributed by atoms with Crippen molar-refractivity contribution >= 4 is 11.8 Å². The van der Waals surface area contributed by atoms with Gasteiger partial charge in [-0.15, -0.1) is 0 Å². The number of benzene rings is 3. The fourth-order valence-electron chi connectivity index (χ4n) is 5.91. The van der Waals surface area contributed by atoms with E-state index in [0.717, 1.165) is 53.0 Å². The van der Waals surface area contributed by atoms with E-state index in [1.165, 1.54) is 6.92 Å². The van der Waals surface area contributed by atoms with E-state index in [0.29, 0.717) is 13.0 Å². The second-order valence-electron chi connectivity index (χ2n) is 12.6. The molecule has 252 valence electrons. The van der Waals surface area contributed by atoms with Crippen molar-refractivity contribution < 1.29 is 24.2 Å². The molecule has 1 aliphatic heterocycles. The van der Waals surface area contributed by atoms with E-state index in [1.54, 1.807) is 0 Å². The zero-order valence-corrected chi connectivity index (χ0v) is 27.9.